The Kier molecular flexibility index (Phi) is 2.24. The summed E-state index contributed by atoms with van der Waals surface area (Å²) in [4.78, 5) is 17.6. The number of benzene rings is 1. The highest BCUT2D eigenvalue weighted by Crippen LogP contribution is 2.25. The Morgan fingerprint density at radius 2 is 2.12 bits per heavy atom. The lowest BCUT2D eigenvalue weighted by Gasteiger charge is -2.10. The van der Waals surface area contributed by atoms with Gasteiger partial charge in [0.15, 0.2) is 5.58 Å². The first-order valence-electron chi connectivity index (χ1n) is 5.69. The molecule has 1 saturated heterocycles. The molecule has 1 aromatic carbocycles. The second-order valence-corrected chi connectivity index (χ2v) is 4.24. The molecule has 1 aliphatic rings. The van der Waals surface area contributed by atoms with E-state index in [0.29, 0.717) is 22.7 Å². The van der Waals surface area contributed by atoms with Crippen molar-refractivity contribution in [3.05, 3.63) is 23.8 Å². The third-order valence-corrected chi connectivity index (χ3v) is 3.04. The summed E-state index contributed by atoms with van der Waals surface area (Å²) in [5.74, 6) is -0.447. The molecule has 3 rings (SSSR count). The van der Waals surface area contributed by atoms with Gasteiger partial charge in [-0.1, -0.05) is 0 Å². The van der Waals surface area contributed by atoms with Crippen LogP contribution in [0.15, 0.2) is 22.6 Å². The lowest BCUT2D eigenvalue weighted by atomic mass is 10.2. The smallest absolute Gasteiger partial charge is 0.298 e. The first-order valence-corrected chi connectivity index (χ1v) is 5.69. The predicted octanol–water partition coefficient (Wildman–Crippen LogP) is 1.53. The first-order chi connectivity index (χ1) is 8.24. The molecule has 0 spiro atoms. The summed E-state index contributed by atoms with van der Waals surface area (Å²) in [7, 11) is 0. The average molecular weight is 231 g/mol. The lowest BCUT2D eigenvalue weighted by molar-refractivity contribution is 0.100. The van der Waals surface area contributed by atoms with Gasteiger partial charge in [-0.15, -0.1) is 0 Å². The van der Waals surface area contributed by atoms with E-state index in [1.807, 2.05) is 0 Å². The third-order valence-electron chi connectivity index (χ3n) is 3.04. The molecule has 17 heavy (non-hydrogen) atoms. The molecule has 0 unspecified atom stereocenters. The summed E-state index contributed by atoms with van der Waals surface area (Å²) in [6.45, 7) is 1.96. The van der Waals surface area contributed by atoms with Crippen molar-refractivity contribution in [3.63, 3.8) is 0 Å². The molecule has 2 heterocycles. The van der Waals surface area contributed by atoms with E-state index in [-0.39, 0.29) is 0 Å². The predicted molar refractivity (Wildman–Crippen MR) is 64.0 cm³/mol. The second-order valence-electron chi connectivity index (χ2n) is 4.24. The molecule has 1 amide bonds. The van der Waals surface area contributed by atoms with E-state index < -0.39 is 5.91 Å². The van der Waals surface area contributed by atoms with Crippen LogP contribution < -0.4 is 10.6 Å². The minimum absolute atomic E-state index is 0.447. The van der Waals surface area contributed by atoms with Crippen LogP contribution in [0.5, 0.6) is 0 Å². The van der Waals surface area contributed by atoms with Crippen LogP contribution in [0.4, 0.5) is 6.01 Å². The van der Waals surface area contributed by atoms with Gasteiger partial charge in [0.1, 0.15) is 5.52 Å². The van der Waals surface area contributed by atoms with E-state index in [1.165, 1.54) is 12.8 Å². The number of fused-ring (bicyclic) bond motifs is 1. The zero-order valence-electron chi connectivity index (χ0n) is 9.35. The molecule has 1 aliphatic heterocycles. The molecule has 1 fully saturated rings. The maximum Gasteiger partial charge on any atom is 0.298 e. The number of carbonyl (C=O) groups is 1. The van der Waals surface area contributed by atoms with Gasteiger partial charge in [0, 0.05) is 18.7 Å². The number of carbonyl (C=O) groups excluding carboxylic acids is 1. The SMILES string of the molecule is NC(=O)c1ccc2oc(N3CCCC3)nc2c1. The van der Waals surface area contributed by atoms with Crippen molar-refractivity contribution < 1.29 is 9.21 Å². The quantitative estimate of drug-likeness (QED) is 0.850. The topological polar surface area (TPSA) is 72.4 Å². The van der Waals surface area contributed by atoms with Gasteiger partial charge in [0.2, 0.25) is 5.91 Å². The van der Waals surface area contributed by atoms with E-state index in [1.54, 1.807) is 18.2 Å². The van der Waals surface area contributed by atoms with Gasteiger partial charge in [0.05, 0.1) is 0 Å². The van der Waals surface area contributed by atoms with Crippen LogP contribution in [0.1, 0.15) is 23.2 Å². The maximum absolute atomic E-state index is 11.1. The molecule has 5 heteroatoms. The molecule has 0 saturated carbocycles. The van der Waals surface area contributed by atoms with Gasteiger partial charge in [0.25, 0.3) is 6.01 Å². The van der Waals surface area contributed by atoms with E-state index in [2.05, 4.69) is 9.88 Å². The van der Waals surface area contributed by atoms with Crippen molar-refractivity contribution >= 4 is 23.0 Å². The van der Waals surface area contributed by atoms with Crippen molar-refractivity contribution in [2.75, 3.05) is 18.0 Å². The molecule has 0 radical (unpaired) electrons. The molecule has 88 valence electrons. The fourth-order valence-electron chi connectivity index (χ4n) is 2.11. The average Bonchev–Trinajstić information content (AvgIpc) is 2.96. The van der Waals surface area contributed by atoms with E-state index in [4.69, 9.17) is 10.2 Å². The van der Waals surface area contributed by atoms with Crippen molar-refractivity contribution in [1.29, 1.82) is 0 Å². The van der Waals surface area contributed by atoms with Crippen LogP contribution >= 0.6 is 0 Å². The zero-order chi connectivity index (χ0) is 11.8. The molecule has 0 bridgehead atoms. The monoisotopic (exact) mass is 231 g/mol. The highest BCUT2D eigenvalue weighted by molar-refractivity contribution is 5.96. The van der Waals surface area contributed by atoms with Gasteiger partial charge < -0.3 is 15.1 Å². The van der Waals surface area contributed by atoms with Crippen molar-refractivity contribution in [3.8, 4) is 0 Å². The summed E-state index contributed by atoms with van der Waals surface area (Å²) < 4.78 is 5.65. The molecule has 2 aromatic rings. The van der Waals surface area contributed by atoms with Gasteiger partial charge in [-0.2, -0.15) is 4.98 Å². The number of amides is 1. The van der Waals surface area contributed by atoms with E-state index >= 15 is 0 Å². The first kappa shape index (κ1) is 10.1. The number of aromatic nitrogens is 1. The molecule has 1 aromatic heterocycles. The van der Waals surface area contributed by atoms with Crippen LogP contribution in [0.3, 0.4) is 0 Å². The van der Waals surface area contributed by atoms with Crippen LogP contribution in [0.2, 0.25) is 0 Å². The molecule has 2 N–H and O–H groups in total. The number of rotatable bonds is 2. The normalized spacial score (nSPS) is 15.6. The summed E-state index contributed by atoms with van der Waals surface area (Å²) in [5.41, 5.74) is 7.06. The number of primary amides is 1. The van der Waals surface area contributed by atoms with E-state index in [9.17, 15) is 4.79 Å². The summed E-state index contributed by atoms with van der Waals surface area (Å²) in [6, 6.07) is 5.70. The van der Waals surface area contributed by atoms with Gasteiger partial charge in [-0.05, 0) is 31.0 Å². The van der Waals surface area contributed by atoms with Crippen LogP contribution in [0, 0.1) is 0 Å². The highest BCUT2D eigenvalue weighted by Gasteiger charge is 2.18. The second kappa shape index (κ2) is 3.76. The van der Waals surface area contributed by atoms with E-state index in [0.717, 1.165) is 13.1 Å². The Hall–Kier alpha value is -2.04. The zero-order valence-corrected chi connectivity index (χ0v) is 9.35. The van der Waals surface area contributed by atoms with Crippen molar-refractivity contribution in [1.82, 2.24) is 4.98 Å². The van der Waals surface area contributed by atoms with Crippen molar-refractivity contribution in [2.24, 2.45) is 5.73 Å². The van der Waals surface area contributed by atoms with Crippen LogP contribution in [-0.2, 0) is 0 Å². The summed E-state index contributed by atoms with van der Waals surface area (Å²) in [6.07, 6.45) is 2.34. The standard InChI is InChI=1S/C12H13N3O2/c13-11(16)8-3-4-10-9(7-8)14-12(17-10)15-5-1-2-6-15/h3-4,7H,1-2,5-6H2,(H2,13,16). The Bertz CT molecular complexity index is 570. The molecular formula is C12H13N3O2. The third kappa shape index (κ3) is 1.73. The fraction of sp³-hybridized carbons (Fsp3) is 0.333. The lowest BCUT2D eigenvalue weighted by Crippen LogP contribution is -2.17. The molecule has 0 atom stereocenters. The number of hydrogen-bond acceptors (Lipinski definition) is 4. The number of nitrogens with two attached hydrogens (primary N) is 1. The number of hydrogen-bond donors (Lipinski definition) is 1. The largest absolute Gasteiger partial charge is 0.423 e. The number of oxazole rings is 1. The minimum atomic E-state index is -0.447. The van der Waals surface area contributed by atoms with Crippen LogP contribution in [0.25, 0.3) is 11.1 Å². The van der Waals surface area contributed by atoms with Crippen molar-refractivity contribution in [2.45, 2.75) is 12.8 Å². The maximum atomic E-state index is 11.1. The summed E-state index contributed by atoms with van der Waals surface area (Å²) in [5, 5.41) is 0. The van der Waals surface area contributed by atoms with Gasteiger partial charge in [-0.3, -0.25) is 4.79 Å². The molecular weight excluding hydrogens is 218 g/mol. The Labute approximate surface area is 98.2 Å². The van der Waals surface area contributed by atoms with Crippen LogP contribution in [-0.4, -0.2) is 24.0 Å². The number of nitrogens with zero attached hydrogens (tertiary/aromatic N) is 2. The van der Waals surface area contributed by atoms with Gasteiger partial charge in [-0.25, -0.2) is 0 Å². The minimum Gasteiger partial charge on any atom is -0.423 e. The fourth-order valence-corrected chi connectivity index (χ4v) is 2.11. The highest BCUT2D eigenvalue weighted by atomic mass is 16.4. The Morgan fingerprint density at radius 3 is 2.82 bits per heavy atom. The Morgan fingerprint density at radius 1 is 1.35 bits per heavy atom. The number of anilines is 1. The summed E-state index contributed by atoms with van der Waals surface area (Å²) >= 11 is 0. The molecule has 0 aliphatic carbocycles. The molecule has 5 nitrogen and oxygen atoms in total. The Balaban J connectivity index is 2.03. The van der Waals surface area contributed by atoms with Gasteiger partial charge >= 0.3 is 0 Å².